The molecule has 0 bridgehead atoms. The van der Waals surface area contributed by atoms with Gasteiger partial charge in [-0.25, -0.2) is 0 Å². The van der Waals surface area contributed by atoms with Crippen LogP contribution in [-0.4, -0.2) is 36.6 Å². The molecule has 0 saturated heterocycles. The maximum absolute atomic E-state index is 5.21. The lowest BCUT2D eigenvalue weighted by molar-refractivity contribution is 0.0519. The van der Waals surface area contributed by atoms with Crippen molar-refractivity contribution >= 4 is 0 Å². The Morgan fingerprint density at radius 1 is 1.21 bits per heavy atom. The molecular weight excluding hydrogens is 236 g/mol. The zero-order valence-corrected chi connectivity index (χ0v) is 13.2. The predicted molar refractivity (Wildman–Crippen MR) is 81.5 cm³/mol. The fraction of sp³-hybridized carbons (Fsp3) is 0.750. The van der Waals surface area contributed by atoms with Crippen LogP contribution in [0.5, 0.6) is 0 Å². The van der Waals surface area contributed by atoms with Crippen molar-refractivity contribution in [2.45, 2.75) is 58.5 Å². The molecule has 0 spiro atoms. The van der Waals surface area contributed by atoms with E-state index in [2.05, 4.69) is 51.0 Å². The molecule has 3 nitrogen and oxygen atoms in total. The molecule has 1 aromatic rings. The summed E-state index contributed by atoms with van der Waals surface area (Å²) in [7, 11) is 2.08. The van der Waals surface area contributed by atoms with E-state index in [1.807, 2.05) is 6.26 Å². The fourth-order valence-corrected chi connectivity index (χ4v) is 3.47. The molecule has 0 fully saturated rings. The van der Waals surface area contributed by atoms with Crippen LogP contribution in [0, 0.1) is 0 Å². The molecule has 19 heavy (non-hydrogen) atoms. The topological polar surface area (TPSA) is 28.4 Å². The predicted octanol–water partition coefficient (Wildman–Crippen LogP) is 3.31. The van der Waals surface area contributed by atoms with Crippen LogP contribution in [0.3, 0.4) is 0 Å². The number of nitrogens with zero attached hydrogens (tertiary/aromatic N) is 1. The monoisotopic (exact) mass is 266 g/mol. The smallest absolute Gasteiger partial charge is 0.0935 e. The maximum atomic E-state index is 5.21. The molecule has 1 atom stereocenters. The Bertz CT molecular complexity index is 327. The van der Waals surface area contributed by atoms with E-state index in [1.54, 1.807) is 6.26 Å². The largest absolute Gasteiger partial charge is 0.472 e. The average molecular weight is 266 g/mol. The summed E-state index contributed by atoms with van der Waals surface area (Å²) in [6.45, 7) is 11.3. The molecular formula is C16H30N2O. The van der Waals surface area contributed by atoms with Crippen molar-refractivity contribution < 1.29 is 4.42 Å². The Labute approximate surface area is 118 Å². The van der Waals surface area contributed by atoms with Crippen molar-refractivity contribution in [3.8, 4) is 0 Å². The molecule has 110 valence electrons. The van der Waals surface area contributed by atoms with Crippen LogP contribution in [0.1, 0.15) is 46.1 Å². The number of nitrogens with one attached hydrogen (secondary N) is 1. The molecule has 0 saturated carbocycles. The van der Waals surface area contributed by atoms with Crippen LogP contribution in [0.25, 0.3) is 0 Å². The lowest BCUT2D eigenvalue weighted by Crippen LogP contribution is -2.61. The summed E-state index contributed by atoms with van der Waals surface area (Å²) in [5.74, 6) is 0. The van der Waals surface area contributed by atoms with Crippen molar-refractivity contribution in [3.63, 3.8) is 0 Å². The highest BCUT2D eigenvalue weighted by molar-refractivity contribution is 5.11. The van der Waals surface area contributed by atoms with Crippen molar-refractivity contribution in [2.75, 3.05) is 20.1 Å². The van der Waals surface area contributed by atoms with Gasteiger partial charge in [0, 0.05) is 11.6 Å². The van der Waals surface area contributed by atoms with Gasteiger partial charge in [0.15, 0.2) is 0 Å². The van der Waals surface area contributed by atoms with E-state index in [0.717, 1.165) is 32.4 Å². The first-order valence-electron chi connectivity index (χ1n) is 7.61. The minimum absolute atomic E-state index is 0.218. The Morgan fingerprint density at radius 2 is 1.84 bits per heavy atom. The van der Waals surface area contributed by atoms with Crippen molar-refractivity contribution in [1.82, 2.24) is 10.2 Å². The zero-order valence-electron chi connectivity index (χ0n) is 13.2. The number of likely N-dealkylation sites (N-methyl/N-ethyl adjacent to an activating group) is 2. The first-order chi connectivity index (χ1) is 9.18. The molecule has 1 unspecified atom stereocenters. The third-order valence-corrected chi connectivity index (χ3v) is 4.63. The minimum Gasteiger partial charge on any atom is -0.472 e. The van der Waals surface area contributed by atoms with Gasteiger partial charge in [0.05, 0.1) is 12.5 Å². The Hall–Kier alpha value is -0.800. The summed E-state index contributed by atoms with van der Waals surface area (Å²) >= 11 is 0. The highest BCUT2D eigenvalue weighted by atomic mass is 16.3. The van der Waals surface area contributed by atoms with Crippen LogP contribution in [-0.2, 0) is 6.42 Å². The van der Waals surface area contributed by atoms with Crippen LogP contribution >= 0.6 is 0 Å². The van der Waals surface area contributed by atoms with E-state index >= 15 is 0 Å². The SMILES string of the molecule is CCN(CC)C(CC)(CC)C(Cc1ccoc1)NC. The third-order valence-electron chi connectivity index (χ3n) is 4.63. The van der Waals surface area contributed by atoms with E-state index in [9.17, 15) is 0 Å². The molecule has 3 heteroatoms. The van der Waals surface area contributed by atoms with E-state index in [0.29, 0.717) is 6.04 Å². The Kier molecular flexibility index (Phi) is 6.59. The summed E-state index contributed by atoms with van der Waals surface area (Å²) in [6, 6.07) is 2.52. The van der Waals surface area contributed by atoms with E-state index in [4.69, 9.17) is 4.42 Å². The van der Waals surface area contributed by atoms with Crippen molar-refractivity contribution in [1.29, 1.82) is 0 Å². The van der Waals surface area contributed by atoms with Gasteiger partial charge >= 0.3 is 0 Å². The van der Waals surface area contributed by atoms with Gasteiger partial charge in [-0.1, -0.05) is 27.7 Å². The van der Waals surface area contributed by atoms with E-state index in [1.165, 1.54) is 5.56 Å². The second-order valence-corrected chi connectivity index (χ2v) is 5.16. The molecule has 1 rings (SSSR count). The van der Waals surface area contributed by atoms with Gasteiger partial charge in [-0.15, -0.1) is 0 Å². The number of hydrogen-bond donors (Lipinski definition) is 1. The highest BCUT2D eigenvalue weighted by Gasteiger charge is 2.39. The minimum atomic E-state index is 0.218. The third kappa shape index (κ3) is 3.40. The first kappa shape index (κ1) is 16.3. The van der Waals surface area contributed by atoms with Gasteiger partial charge in [-0.2, -0.15) is 0 Å². The number of rotatable bonds is 9. The summed E-state index contributed by atoms with van der Waals surface area (Å²) < 4.78 is 5.21. The maximum Gasteiger partial charge on any atom is 0.0935 e. The molecule has 0 amide bonds. The second-order valence-electron chi connectivity index (χ2n) is 5.16. The molecule has 1 aromatic heterocycles. The van der Waals surface area contributed by atoms with Gasteiger partial charge in [0.1, 0.15) is 0 Å². The zero-order chi connectivity index (χ0) is 14.3. The van der Waals surface area contributed by atoms with Crippen LogP contribution in [0.15, 0.2) is 23.0 Å². The summed E-state index contributed by atoms with van der Waals surface area (Å²) in [6.07, 6.45) is 6.97. The van der Waals surface area contributed by atoms with Crippen LogP contribution < -0.4 is 5.32 Å². The molecule has 0 aromatic carbocycles. The van der Waals surface area contributed by atoms with E-state index < -0.39 is 0 Å². The van der Waals surface area contributed by atoms with Crippen molar-refractivity contribution in [2.24, 2.45) is 0 Å². The summed E-state index contributed by atoms with van der Waals surface area (Å²) in [4.78, 5) is 2.61. The molecule has 0 aliphatic carbocycles. The van der Waals surface area contributed by atoms with Gasteiger partial charge in [-0.05, 0) is 51.0 Å². The molecule has 1 heterocycles. The fourth-order valence-electron chi connectivity index (χ4n) is 3.47. The van der Waals surface area contributed by atoms with Crippen LogP contribution in [0.2, 0.25) is 0 Å². The van der Waals surface area contributed by atoms with Crippen LogP contribution in [0.4, 0.5) is 0 Å². The quantitative estimate of drug-likeness (QED) is 0.743. The van der Waals surface area contributed by atoms with Gasteiger partial charge in [0.2, 0.25) is 0 Å². The number of furan rings is 1. The van der Waals surface area contributed by atoms with Gasteiger partial charge in [0.25, 0.3) is 0 Å². The normalized spacial score (nSPS) is 14.0. The highest BCUT2D eigenvalue weighted by Crippen LogP contribution is 2.30. The second kappa shape index (κ2) is 7.71. The standard InChI is InChI=1S/C16H30N2O/c1-6-16(7-2,18(8-3)9-4)15(17-5)12-14-10-11-19-13-14/h10-11,13,15,17H,6-9,12H2,1-5H3. The summed E-state index contributed by atoms with van der Waals surface area (Å²) in [5.41, 5.74) is 1.49. The molecule has 0 aliphatic rings. The lowest BCUT2D eigenvalue weighted by atomic mass is 9.80. The lowest BCUT2D eigenvalue weighted by Gasteiger charge is -2.48. The van der Waals surface area contributed by atoms with Gasteiger partial charge < -0.3 is 9.73 Å². The van der Waals surface area contributed by atoms with Crippen molar-refractivity contribution in [3.05, 3.63) is 24.2 Å². The Morgan fingerprint density at radius 3 is 2.21 bits per heavy atom. The first-order valence-corrected chi connectivity index (χ1v) is 7.61. The average Bonchev–Trinajstić information content (AvgIpc) is 2.95. The summed E-state index contributed by atoms with van der Waals surface area (Å²) in [5, 5.41) is 3.55. The number of hydrogen-bond acceptors (Lipinski definition) is 3. The Balaban J connectivity index is 2.98. The molecule has 0 radical (unpaired) electrons. The van der Waals surface area contributed by atoms with Gasteiger partial charge in [-0.3, -0.25) is 4.90 Å². The molecule has 0 aliphatic heterocycles. The molecule has 1 N–H and O–H groups in total. The van der Waals surface area contributed by atoms with E-state index in [-0.39, 0.29) is 5.54 Å².